The van der Waals surface area contributed by atoms with Gasteiger partial charge in [-0.3, -0.25) is 4.79 Å². The molecule has 18 heavy (non-hydrogen) atoms. The molecule has 1 aromatic rings. The second-order valence-corrected chi connectivity index (χ2v) is 3.56. The van der Waals surface area contributed by atoms with E-state index in [9.17, 15) is 4.79 Å². The molecule has 0 saturated heterocycles. The maximum absolute atomic E-state index is 11.9. The Labute approximate surface area is 106 Å². The molecule has 0 unspecified atom stereocenters. The largest absolute Gasteiger partial charge is 0.497 e. The molecule has 6 heteroatoms. The molecular formula is C12H18N2O4. The number of carbonyl (C=O) groups is 1. The molecule has 0 fully saturated rings. The summed E-state index contributed by atoms with van der Waals surface area (Å²) in [5, 5.41) is 2.67. The van der Waals surface area contributed by atoms with Gasteiger partial charge in [0.1, 0.15) is 5.75 Å². The minimum absolute atomic E-state index is 0.247. The van der Waals surface area contributed by atoms with Gasteiger partial charge >= 0.3 is 0 Å². The predicted octanol–water partition coefficient (Wildman–Crippen LogP) is 0.626. The molecule has 6 nitrogen and oxygen atoms in total. The number of rotatable bonds is 6. The van der Waals surface area contributed by atoms with Crippen LogP contribution in [0.4, 0.5) is 5.69 Å². The summed E-state index contributed by atoms with van der Waals surface area (Å²) in [4.78, 5) is 11.9. The number of nitrogen functional groups attached to an aromatic ring is 1. The molecule has 100 valence electrons. The van der Waals surface area contributed by atoms with E-state index in [4.69, 9.17) is 19.9 Å². The summed E-state index contributed by atoms with van der Waals surface area (Å²) in [5.74, 6) is 0.324. The van der Waals surface area contributed by atoms with Gasteiger partial charge in [0.2, 0.25) is 0 Å². The summed E-state index contributed by atoms with van der Waals surface area (Å²) < 4.78 is 14.9. The van der Waals surface area contributed by atoms with E-state index in [0.29, 0.717) is 17.0 Å². The van der Waals surface area contributed by atoms with Gasteiger partial charge in [0, 0.05) is 26.0 Å². The van der Waals surface area contributed by atoms with Gasteiger partial charge in [0.15, 0.2) is 6.29 Å². The number of hydrogen-bond donors (Lipinski definition) is 2. The van der Waals surface area contributed by atoms with Crippen LogP contribution in [-0.4, -0.2) is 40.1 Å². The van der Waals surface area contributed by atoms with Crippen molar-refractivity contribution in [2.24, 2.45) is 0 Å². The summed E-state index contributed by atoms with van der Waals surface area (Å²) in [6.07, 6.45) is -0.478. The fourth-order valence-electron chi connectivity index (χ4n) is 1.41. The highest BCUT2D eigenvalue weighted by Gasteiger charge is 2.12. The zero-order valence-electron chi connectivity index (χ0n) is 10.7. The monoisotopic (exact) mass is 254 g/mol. The Kier molecular flexibility index (Phi) is 5.41. The molecule has 0 aliphatic carbocycles. The van der Waals surface area contributed by atoms with E-state index >= 15 is 0 Å². The first-order valence-electron chi connectivity index (χ1n) is 5.39. The second-order valence-electron chi connectivity index (χ2n) is 3.56. The number of benzene rings is 1. The molecule has 0 aliphatic heterocycles. The van der Waals surface area contributed by atoms with Gasteiger partial charge < -0.3 is 25.3 Å². The van der Waals surface area contributed by atoms with Crippen molar-refractivity contribution < 1.29 is 19.0 Å². The van der Waals surface area contributed by atoms with E-state index in [0.717, 1.165) is 0 Å². The summed E-state index contributed by atoms with van der Waals surface area (Å²) >= 11 is 0. The van der Waals surface area contributed by atoms with Crippen molar-refractivity contribution >= 4 is 11.6 Å². The topological polar surface area (TPSA) is 82.8 Å². The zero-order valence-corrected chi connectivity index (χ0v) is 10.7. The lowest BCUT2D eigenvalue weighted by molar-refractivity contribution is -0.0974. The normalized spacial score (nSPS) is 10.4. The first kappa shape index (κ1) is 14.3. The van der Waals surface area contributed by atoms with Crippen molar-refractivity contribution in [1.29, 1.82) is 0 Å². The maximum Gasteiger partial charge on any atom is 0.253 e. The third-order valence-electron chi connectivity index (χ3n) is 2.46. The summed E-state index contributed by atoms with van der Waals surface area (Å²) in [5.41, 5.74) is 6.52. The third-order valence-corrected chi connectivity index (χ3v) is 2.46. The average molecular weight is 254 g/mol. The average Bonchev–Trinajstić information content (AvgIpc) is 2.39. The fourth-order valence-corrected chi connectivity index (χ4v) is 1.41. The first-order chi connectivity index (χ1) is 8.62. The van der Waals surface area contributed by atoms with Crippen LogP contribution in [0.25, 0.3) is 0 Å². The smallest absolute Gasteiger partial charge is 0.253 e. The van der Waals surface area contributed by atoms with Crippen molar-refractivity contribution in [2.45, 2.75) is 6.29 Å². The van der Waals surface area contributed by atoms with Gasteiger partial charge in [-0.2, -0.15) is 0 Å². The van der Waals surface area contributed by atoms with Crippen molar-refractivity contribution in [3.05, 3.63) is 23.8 Å². The summed E-state index contributed by atoms with van der Waals surface area (Å²) in [6.45, 7) is 0.247. The van der Waals surface area contributed by atoms with Crippen LogP contribution in [0.1, 0.15) is 10.4 Å². The number of amides is 1. The van der Waals surface area contributed by atoms with Crippen molar-refractivity contribution in [3.8, 4) is 5.75 Å². The van der Waals surface area contributed by atoms with Gasteiger partial charge in [-0.25, -0.2) is 0 Å². The van der Waals surface area contributed by atoms with Gasteiger partial charge in [-0.05, 0) is 12.1 Å². The molecule has 0 aliphatic rings. The van der Waals surface area contributed by atoms with Crippen molar-refractivity contribution in [1.82, 2.24) is 5.32 Å². The van der Waals surface area contributed by atoms with Crippen LogP contribution in [0.5, 0.6) is 5.75 Å². The Morgan fingerprint density at radius 1 is 1.33 bits per heavy atom. The molecule has 0 aromatic heterocycles. The molecule has 1 rings (SSSR count). The Morgan fingerprint density at radius 3 is 2.50 bits per heavy atom. The lowest BCUT2D eigenvalue weighted by Crippen LogP contribution is -2.34. The highest BCUT2D eigenvalue weighted by atomic mass is 16.7. The molecule has 0 radical (unpaired) electrons. The number of hydrogen-bond acceptors (Lipinski definition) is 5. The lowest BCUT2D eigenvalue weighted by Gasteiger charge is -2.14. The molecule has 0 heterocycles. The number of carbonyl (C=O) groups excluding carboxylic acids is 1. The van der Waals surface area contributed by atoms with E-state index in [2.05, 4.69) is 5.32 Å². The Hall–Kier alpha value is -1.79. The number of methoxy groups -OCH3 is 3. The Morgan fingerprint density at radius 2 is 2.00 bits per heavy atom. The zero-order chi connectivity index (χ0) is 13.5. The second kappa shape index (κ2) is 6.83. The van der Waals surface area contributed by atoms with Crippen LogP contribution in [0.15, 0.2) is 18.2 Å². The molecule has 0 spiro atoms. The Balaban J connectivity index is 2.67. The van der Waals surface area contributed by atoms with Gasteiger partial charge in [-0.15, -0.1) is 0 Å². The standard InChI is InChI=1S/C12H18N2O4/c1-16-8-4-5-9(10(13)6-8)12(15)14-7-11(17-2)18-3/h4-6,11H,7,13H2,1-3H3,(H,14,15). The number of ether oxygens (including phenoxy) is 3. The van der Waals surface area contributed by atoms with Gasteiger partial charge in [0.05, 0.1) is 19.2 Å². The summed E-state index contributed by atoms with van der Waals surface area (Å²) in [6, 6.07) is 4.88. The molecule has 0 atom stereocenters. The fraction of sp³-hybridized carbons (Fsp3) is 0.417. The van der Waals surface area contributed by atoms with Crippen LogP contribution in [0, 0.1) is 0 Å². The van der Waals surface area contributed by atoms with Crippen molar-refractivity contribution in [2.75, 3.05) is 33.6 Å². The van der Waals surface area contributed by atoms with Crippen LogP contribution >= 0.6 is 0 Å². The molecule has 0 bridgehead atoms. The third kappa shape index (κ3) is 3.61. The maximum atomic E-state index is 11.9. The van der Waals surface area contributed by atoms with Gasteiger partial charge in [-0.1, -0.05) is 0 Å². The van der Waals surface area contributed by atoms with E-state index in [-0.39, 0.29) is 12.5 Å². The van der Waals surface area contributed by atoms with Crippen LogP contribution in [-0.2, 0) is 9.47 Å². The minimum Gasteiger partial charge on any atom is -0.497 e. The van der Waals surface area contributed by atoms with Crippen molar-refractivity contribution in [3.63, 3.8) is 0 Å². The van der Waals surface area contributed by atoms with Crippen LogP contribution in [0.3, 0.4) is 0 Å². The van der Waals surface area contributed by atoms with E-state index < -0.39 is 6.29 Å². The number of nitrogens with one attached hydrogen (secondary N) is 1. The highest BCUT2D eigenvalue weighted by molar-refractivity contribution is 5.99. The minimum atomic E-state index is -0.478. The predicted molar refractivity (Wildman–Crippen MR) is 67.5 cm³/mol. The molecule has 3 N–H and O–H groups in total. The first-order valence-corrected chi connectivity index (χ1v) is 5.39. The SMILES string of the molecule is COc1ccc(C(=O)NCC(OC)OC)c(N)c1. The number of nitrogens with two attached hydrogens (primary N) is 1. The highest BCUT2D eigenvalue weighted by Crippen LogP contribution is 2.19. The molecule has 1 amide bonds. The molecule has 1 aromatic carbocycles. The quantitative estimate of drug-likeness (QED) is 0.574. The van der Waals surface area contributed by atoms with Crippen LogP contribution in [0.2, 0.25) is 0 Å². The number of anilines is 1. The lowest BCUT2D eigenvalue weighted by atomic mass is 10.1. The van der Waals surface area contributed by atoms with E-state index in [1.54, 1.807) is 18.2 Å². The van der Waals surface area contributed by atoms with E-state index in [1.165, 1.54) is 21.3 Å². The Bertz CT molecular complexity index is 405. The van der Waals surface area contributed by atoms with Gasteiger partial charge in [0.25, 0.3) is 5.91 Å². The molecular weight excluding hydrogens is 236 g/mol. The molecule has 0 saturated carbocycles. The van der Waals surface area contributed by atoms with Crippen LogP contribution < -0.4 is 15.8 Å². The van der Waals surface area contributed by atoms with E-state index in [1.807, 2.05) is 0 Å². The summed E-state index contributed by atoms with van der Waals surface area (Å²) in [7, 11) is 4.54.